The van der Waals surface area contributed by atoms with Gasteiger partial charge in [0.25, 0.3) is 5.56 Å². The van der Waals surface area contributed by atoms with Crippen LogP contribution in [0.25, 0.3) is 11.4 Å². The summed E-state index contributed by atoms with van der Waals surface area (Å²) in [7, 11) is 1.63. The van der Waals surface area contributed by atoms with Crippen molar-refractivity contribution in [2.45, 2.75) is 51.7 Å². The van der Waals surface area contributed by atoms with Crippen LogP contribution in [0.2, 0.25) is 0 Å². The first-order chi connectivity index (χ1) is 17.3. The summed E-state index contributed by atoms with van der Waals surface area (Å²) in [4.78, 5) is 43.4. The van der Waals surface area contributed by atoms with Gasteiger partial charge in [-0.05, 0) is 75.0 Å². The second-order valence-electron chi connectivity index (χ2n) is 9.06. The highest BCUT2D eigenvalue weighted by atomic mass is 19.1. The van der Waals surface area contributed by atoms with Gasteiger partial charge >= 0.3 is 0 Å². The summed E-state index contributed by atoms with van der Waals surface area (Å²) in [5.41, 5.74) is 2.77. The molecule has 3 N–H and O–H groups in total. The molecule has 0 radical (unpaired) electrons. The van der Waals surface area contributed by atoms with Crippen molar-refractivity contribution >= 4 is 17.5 Å². The van der Waals surface area contributed by atoms with Gasteiger partial charge in [-0.15, -0.1) is 0 Å². The molecule has 0 unspecified atom stereocenters. The van der Waals surface area contributed by atoms with E-state index < -0.39 is 23.3 Å². The summed E-state index contributed by atoms with van der Waals surface area (Å²) >= 11 is 0. The molecule has 2 atom stereocenters. The predicted molar refractivity (Wildman–Crippen MR) is 136 cm³/mol. The number of hydrogen-bond donors (Lipinski definition) is 3. The fourth-order valence-electron chi connectivity index (χ4n) is 4.48. The highest BCUT2D eigenvalue weighted by Gasteiger charge is 2.24. The van der Waals surface area contributed by atoms with Crippen molar-refractivity contribution in [2.24, 2.45) is 0 Å². The van der Waals surface area contributed by atoms with Gasteiger partial charge in [0.15, 0.2) is 0 Å². The zero-order valence-corrected chi connectivity index (χ0v) is 20.6. The van der Waals surface area contributed by atoms with Gasteiger partial charge in [-0.1, -0.05) is 24.3 Å². The van der Waals surface area contributed by atoms with Gasteiger partial charge in [-0.2, -0.15) is 0 Å². The summed E-state index contributed by atoms with van der Waals surface area (Å²) in [5.74, 6) is -0.953. The van der Waals surface area contributed by atoms with E-state index in [0.717, 1.165) is 24.8 Å². The Kier molecular flexibility index (Phi) is 7.59. The third-order valence-corrected chi connectivity index (χ3v) is 6.57. The number of nitrogens with zero attached hydrogens (tertiary/aromatic N) is 2. The van der Waals surface area contributed by atoms with E-state index in [1.807, 2.05) is 18.2 Å². The zero-order chi connectivity index (χ0) is 25.8. The maximum Gasteiger partial charge on any atom is 0.278 e. The molecular formula is C27H30FN5O3. The van der Waals surface area contributed by atoms with Gasteiger partial charge in [-0.3, -0.25) is 19.0 Å². The van der Waals surface area contributed by atoms with E-state index in [2.05, 4.69) is 27.0 Å². The standard InChI is InChI=1S/C27H30FN5O3/c1-16-13-19(28)11-12-20(16)25-30-14-23(32-26(35)17(2)29-3)27(36)33(25)15-24(34)31-22-10-6-8-18-7-4-5-9-21(18)22/h4-5,7,9,11-14,17,22,29H,6,8,10,15H2,1-3H3,(H,31,34)(H,32,35)/t17-,22+/m0/s1. The lowest BCUT2D eigenvalue weighted by molar-refractivity contribution is -0.122. The van der Waals surface area contributed by atoms with Crippen molar-refractivity contribution in [3.63, 3.8) is 0 Å². The van der Waals surface area contributed by atoms with Crippen LogP contribution in [0.15, 0.2) is 53.5 Å². The fraction of sp³-hybridized carbons (Fsp3) is 0.333. The average molecular weight is 492 g/mol. The molecule has 0 fully saturated rings. The highest BCUT2D eigenvalue weighted by Crippen LogP contribution is 2.29. The fourth-order valence-corrected chi connectivity index (χ4v) is 4.48. The first-order valence-corrected chi connectivity index (χ1v) is 12.0. The Morgan fingerprint density at radius 3 is 2.75 bits per heavy atom. The van der Waals surface area contributed by atoms with Gasteiger partial charge in [0.1, 0.15) is 23.9 Å². The molecule has 188 valence electrons. The number of carbonyl (C=O) groups excluding carboxylic acids is 2. The Hall–Kier alpha value is -3.85. The maximum absolute atomic E-state index is 13.7. The molecule has 8 nitrogen and oxygen atoms in total. The molecule has 1 heterocycles. The Bertz CT molecular complexity index is 1350. The molecule has 2 aromatic carbocycles. The van der Waals surface area contributed by atoms with E-state index in [1.54, 1.807) is 20.9 Å². The zero-order valence-electron chi connectivity index (χ0n) is 20.6. The molecule has 0 aliphatic heterocycles. The number of fused-ring (bicyclic) bond motifs is 1. The number of aromatic nitrogens is 2. The summed E-state index contributed by atoms with van der Waals surface area (Å²) in [6.45, 7) is 3.06. The molecule has 1 aliphatic carbocycles. The molecule has 0 saturated carbocycles. The number of benzene rings is 2. The number of carbonyl (C=O) groups is 2. The molecule has 0 bridgehead atoms. The third kappa shape index (κ3) is 5.36. The predicted octanol–water partition coefficient (Wildman–Crippen LogP) is 3.10. The normalized spacial score (nSPS) is 15.6. The van der Waals surface area contributed by atoms with Crippen LogP contribution in [0.1, 0.15) is 42.5 Å². The van der Waals surface area contributed by atoms with Crippen LogP contribution in [0, 0.1) is 12.7 Å². The number of anilines is 1. The van der Waals surface area contributed by atoms with E-state index in [1.165, 1.54) is 34.5 Å². The van der Waals surface area contributed by atoms with Crippen LogP contribution in [0.3, 0.4) is 0 Å². The smallest absolute Gasteiger partial charge is 0.278 e. The van der Waals surface area contributed by atoms with Crippen molar-refractivity contribution < 1.29 is 14.0 Å². The summed E-state index contributed by atoms with van der Waals surface area (Å²) < 4.78 is 15.0. The highest BCUT2D eigenvalue weighted by molar-refractivity contribution is 5.94. The second kappa shape index (κ2) is 10.8. The molecular weight excluding hydrogens is 461 g/mol. The lowest BCUT2D eigenvalue weighted by atomic mass is 9.88. The molecule has 4 rings (SSSR count). The topological polar surface area (TPSA) is 105 Å². The number of hydrogen-bond acceptors (Lipinski definition) is 5. The number of rotatable bonds is 7. The van der Waals surface area contributed by atoms with Crippen molar-refractivity contribution in [3.05, 3.63) is 81.5 Å². The summed E-state index contributed by atoms with van der Waals surface area (Å²) in [6, 6.07) is 11.5. The molecule has 9 heteroatoms. The van der Waals surface area contributed by atoms with Crippen LogP contribution in [0.4, 0.5) is 10.1 Å². The summed E-state index contributed by atoms with van der Waals surface area (Å²) in [5, 5.41) is 8.45. The number of aryl methyl sites for hydroxylation is 2. The Labute approximate surface area is 209 Å². The molecule has 2 amide bonds. The summed E-state index contributed by atoms with van der Waals surface area (Å²) in [6.07, 6.45) is 3.99. The lowest BCUT2D eigenvalue weighted by Gasteiger charge is -2.26. The van der Waals surface area contributed by atoms with E-state index in [0.29, 0.717) is 11.1 Å². The van der Waals surface area contributed by atoms with E-state index in [9.17, 15) is 18.8 Å². The molecule has 1 aliphatic rings. The van der Waals surface area contributed by atoms with Crippen LogP contribution in [-0.4, -0.2) is 34.5 Å². The van der Waals surface area contributed by atoms with Crippen molar-refractivity contribution in [3.8, 4) is 11.4 Å². The monoisotopic (exact) mass is 491 g/mol. The second-order valence-corrected chi connectivity index (χ2v) is 9.06. The Morgan fingerprint density at radius 1 is 1.22 bits per heavy atom. The third-order valence-electron chi connectivity index (χ3n) is 6.57. The molecule has 3 aromatic rings. The van der Waals surface area contributed by atoms with Crippen LogP contribution in [0.5, 0.6) is 0 Å². The Balaban J connectivity index is 1.68. The van der Waals surface area contributed by atoms with E-state index in [4.69, 9.17) is 0 Å². The van der Waals surface area contributed by atoms with Gasteiger partial charge in [0.05, 0.1) is 18.3 Å². The number of halogens is 1. The number of nitrogens with one attached hydrogen (secondary N) is 3. The first-order valence-electron chi connectivity index (χ1n) is 12.0. The first kappa shape index (κ1) is 25.2. The van der Waals surface area contributed by atoms with Crippen LogP contribution in [-0.2, 0) is 22.6 Å². The van der Waals surface area contributed by atoms with Gasteiger partial charge in [-0.25, -0.2) is 9.37 Å². The quantitative estimate of drug-likeness (QED) is 0.471. The Morgan fingerprint density at radius 2 is 2.00 bits per heavy atom. The van der Waals surface area contributed by atoms with Crippen molar-refractivity contribution in [2.75, 3.05) is 12.4 Å². The largest absolute Gasteiger partial charge is 0.348 e. The van der Waals surface area contributed by atoms with Crippen molar-refractivity contribution in [1.29, 1.82) is 0 Å². The SMILES string of the molecule is CN[C@@H](C)C(=O)Nc1cnc(-c2ccc(F)cc2C)n(CC(=O)N[C@@H]2CCCc3ccccc32)c1=O. The van der Waals surface area contributed by atoms with E-state index >= 15 is 0 Å². The average Bonchev–Trinajstić information content (AvgIpc) is 2.86. The molecule has 0 saturated heterocycles. The molecule has 0 spiro atoms. The van der Waals surface area contributed by atoms with Crippen molar-refractivity contribution in [1.82, 2.24) is 20.2 Å². The molecule has 1 aromatic heterocycles. The lowest BCUT2D eigenvalue weighted by Crippen LogP contribution is -2.40. The minimum atomic E-state index is -0.570. The minimum Gasteiger partial charge on any atom is -0.348 e. The van der Waals surface area contributed by atoms with E-state index in [-0.39, 0.29) is 30.0 Å². The minimum absolute atomic E-state index is 0.0403. The van der Waals surface area contributed by atoms with Gasteiger partial charge in [0.2, 0.25) is 11.8 Å². The number of likely N-dealkylation sites (N-methyl/N-ethyl adjacent to an activating group) is 1. The van der Waals surface area contributed by atoms with Crippen LogP contribution < -0.4 is 21.5 Å². The molecule has 36 heavy (non-hydrogen) atoms. The number of amides is 2. The van der Waals surface area contributed by atoms with Gasteiger partial charge in [0, 0.05) is 5.56 Å². The van der Waals surface area contributed by atoms with Gasteiger partial charge < -0.3 is 16.0 Å². The maximum atomic E-state index is 13.7. The van der Waals surface area contributed by atoms with Crippen LogP contribution >= 0.6 is 0 Å².